The van der Waals surface area contributed by atoms with Gasteiger partial charge in [-0.1, -0.05) is 24.3 Å². The van der Waals surface area contributed by atoms with E-state index in [1.54, 1.807) is 12.1 Å². The van der Waals surface area contributed by atoms with Crippen LogP contribution in [0.25, 0.3) is 0 Å². The Morgan fingerprint density at radius 2 is 2.05 bits per heavy atom. The maximum Gasteiger partial charge on any atom is 0.123 e. The minimum atomic E-state index is -0.166. The van der Waals surface area contributed by atoms with Crippen LogP contribution in [-0.2, 0) is 19.4 Å². The molecule has 0 unspecified atom stereocenters. The second kappa shape index (κ2) is 6.06. The van der Waals surface area contributed by atoms with Gasteiger partial charge in [0.2, 0.25) is 0 Å². The van der Waals surface area contributed by atoms with E-state index in [4.69, 9.17) is 4.74 Å². The molecule has 1 aliphatic rings. The third-order valence-corrected chi connectivity index (χ3v) is 3.56. The number of fused-ring (bicyclic) bond motifs is 1. The van der Waals surface area contributed by atoms with Crippen LogP contribution < -0.4 is 10.1 Å². The zero-order valence-corrected chi connectivity index (χ0v) is 11.4. The van der Waals surface area contributed by atoms with Gasteiger partial charge in [0.1, 0.15) is 11.6 Å². The molecule has 1 N–H and O–H groups in total. The highest BCUT2D eigenvalue weighted by Gasteiger charge is 2.11. The molecule has 0 amide bonds. The molecule has 2 nitrogen and oxygen atoms in total. The number of ether oxygens (including phenoxy) is 1. The largest absolute Gasteiger partial charge is 0.493 e. The maximum absolute atomic E-state index is 13.0. The first kappa shape index (κ1) is 13.1. The first-order valence-corrected chi connectivity index (χ1v) is 7.01. The van der Waals surface area contributed by atoms with Crippen molar-refractivity contribution in [3.05, 3.63) is 65.0 Å². The zero-order valence-electron chi connectivity index (χ0n) is 11.4. The lowest BCUT2D eigenvalue weighted by molar-refractivity contribution is 0.357. The van der Waals surface area contributed by atoms with Gasteiger partial charge in [0, 0.05) is 13.0 Å². The highest BCUT2D eigenvalue weighted by Crippen LogP contribution is 2.25. The minimum absolute atomic E-state index is 0.166. The number of rotatable bonds is 5. The van der Waals surface area contributed by atoms with E-state index in [0.29, 0.717) is 0 Å². The number of halogens is 1. The van der Waals surface area contributed by atoms with Crippen LogP contribution in [0.2, 0.25) is 0 Å². The van der Waals surface area contributed by atoms with Gasteiger partial charge in [-0.3, -0.25) is 0 Å². The molecular formula is C17H18FNO. The lowest BCUT2D eigenvalue weighted by Gasteiger charge is -2.07. The Hall–Kier alpha value is -1.87. The van der Waals surface area contributed by atoms with Crippen molar-refractivity contribution in [3.8, 4) is 5.75 Å². The third kappa shape index (κ3) is 3.17. The molecule has 0 saturated carbocycles. The van der Waals surface area contributed by atoms with Crippen molar-refractivity contribution < 1.29 is 9.13 Å². The summed E-state index contributed by atoms with van der Waals surface area (Å²) in [6.07, 6.45) is 1.85. The highest BCUT2D eigenvalue weighted by molar-refractivity contribution is 5.39. The van der Waals surface area contributed by atoms with Crippen LogP contribution in [0.15, 0.2) is 42.5 Å². The van der Waals surface area contributed by atoms with Gasteiger partial charge in [-0.15, -0.1) is 0 Å². The molecular weight excluding hydrogens is 253 g/mol. The number of nitrogens with one attached hydrogen (secondary N) is 1. The third-order valence-electron chi connectivity index (χ3n) is 3.56. The smallest absolute Gasteiger partial charge is 0.123 e. The van der Waals surface area contributed by atoms with E-state index < -0.39 is 0 Å². The summed E-state index contributed by atoms with van der Waals surface area (Å²) in [7, 11) is 0. The predicted molar refractivity (Wildman–Crippen MR) is 77.5 cm³/mol. The Balaban J connectivity index is 1.48. The van der Waals surface area contributed by atoms with Crippen LogP contribution in [0.1, 0.15) is 16.7 Å². The van der Waals surface area contributed by atoms with Crippen LogP contribution in [0.5, 0.6) is 5.75 Å². The summed E-state index contributed by atoms with van der Waals surface area (Å²) in [5.41, 5.74) is 3.60. The van der Waals surface area contributed by atoms with Crippen LogP contribution >= 0.6 is 0 Å². The normalized spacial score (nSPS) is 13.1. The maximum atomic E-state index is 13.0. The van der Waals surface area contributed by atoms with Gasteiger partial charge in [0.15, 0.2) is 0 Å². The fourth-order valence-corrected chi connectivity index (χ4v) is 2.51. The molecule has 0 bridgehead atoms. The van der Waals surface area contributed by atoms with Crippen molar-refractivity contribution in [2.75, 3.05) is 13.2 Å². The average molecular weight is 271 g/mol. The standard InChI is InChI=1S/C17H18FNO/c18-16-3-1-2-13(11-16)6-8-19-12-14-4-5-17-15(10-14)7-9-20-17/h1-5,10-11,19H,6-9,12H2. The molecule has 2 aromatic rings. The van der Waals surface area contributed by atoms with Crippen LogP contribution in [0.3, 0.4) is 0 Å². The summed E-state index contributed by atoms with van der Waals surface area (Å²) in [4.78, 5) is 0. The summed E-state index contributed by atoms with van der Waals surface area (Å²) < 4.78 is 18.5. The topological polar surface area (TPSA) is 21.3 Å². The number of hydrogen-bond acceptors (Lipinski definition) is 2. The second-order valence-corrected chi connectivity index (χ2v) is 5.10. The van der Waals surface area contributed by atoms with Gasteiger partial charge < -0.3 is 10.1 Å². The lowest BCUT2D eigenvalue weighted by atomic mass is 10.1. The number of benzene rings is 2. The fourth-order valence-electron chi connectivity index (χ4n) is 2.51. The molecule has 0 aliphatic carbocycles. The molecule has 104 valence electrons. The Morgan fingerprint density at radius 3 is 2.95 bits per heavy atom. The molecule has 0 radical (unpaired) electrons. The van der Waals surface area contributed by atoms with Crippen molar-refractivity contribution >= 4 is 0 Å². The van der Waals surface area contributed by atoms with E-state index in [9.17, 15) is 4.39 Å². The molecule has 20 heavy (non-hydrogen) atoms. The first-order valence-electron chi connectivity index (χ1n) is 7.01. The summed E-state index contributed by atoms with van der Waals surface area (Å²) in [5.74, 6) is 0.856. The predicted octanol–water partition coefficient (Wildman–Crippen LogP) is 3.09. The highest BCUT2D eigenvalue weighted by atomic mass is 19.1. The Bertz CT molecular complexity index is 597. The van der Waals surface area contributed by atoms with Gasteiger partial charge >= 0.3 is 0 Å². The van der Waals surface area contributed by atoms with Crippen molar-refractivity contribution in [1.29, 1.82) is 0 Å². The van der Waals surface area contributed by atoms with Crippen molar-refractivity contribution in [1.82, 2.24) is 5.32 Å². The van der Waals surface area contributed by atoms with Gasteiger partial charge in [0.25, 0.3) is 0 Å². The van der Waals surface area contributed by atoms with E-state index in [-0.39, 0.29) is 5.82 Å². The fraction of sp³-hybridized carbons (Fsp3) is 0.294. The molecule has 3 rings (SSSR count). The van der Waals surface area contributed by atoms with Gasteiger partial charge in [-0.2, -0.15) is 0 Å². The summed E-state index contributed by atoms with van der Waals surface area (Å²) in [6, 6.07) is 13.1. The summed E-state index contributed by atoms with van der Waals surface area (Å²) in [6.45, 7) is 2.48. The summed E-state index contributed by atoms with van der Waals surface area (Å²) >= 11 is 0. The molecule has 1 heterocycles. The SMILES string of the molecule is Fc1cccc(CCNCc2ccc3c(c2)CCO3)c1. The van der Waals surface area contributed by atoms with Crippen molar-refractivity contribution in [2.24, 2.45) is 0 Å². The monoisotopic (exact) mass is 271 g/mol. The molecule has 0 aromatic heterocycles. The molecule has 1 aliphatic heterocycles. The van der Waals surface area contributed by atoms with Gasteiger partial charge in [-0.05, 0) is 47.9 Å². The average Bonchev–Trinajstić information content (AvgIpc) is 2.91. The number of hydrogen-bond donors (Lipinski definition) is 1. The molecule has 0 spiro atoms. The minimum Gasteiger partial charge on any atom is -0.493 e. The van der Waals surface area contributed by atoms with Crippen molar-refractivity contribution in [3.63, 3.8) is 0 Å². The second-order valence-electron chi connectivity index (χ2n) is 5.10. The Kier molecular flexibility index (Phi) is 3.97. The van der Waals surface area contributed by atoms with E-state index in [1.807, 2.05) is 12.1 Å². The van der Waals surface area contributed by atoms with E-state index >= 15 is 0 Å². The van der Waals surface area contributed by atoms with E-state index in [0.717, 1.165) is 43.9 Å². The van der Waals surface area contributed by atoms with Crippen LogP contribution in [0, 0.1) is 5.82 Å². The molecule has 0 atom stereocenters. The van der Waals surface area contributed by atoms with Crippen molar-refractivity contribution in [2.45, 2.75) is 19.4 Å². The molecule has 2 aromatic carbocycles. The molecule has 0 saturated heterocycles. The molecule has 3 heteroatoms. The van der Waals surface area contributed by atoms with Crippen LogP contribution in [0.4, 0.5) is 4.39 Å². The van der Waals surface area contributed by atoms with E-state index in [1.165, 1.54) is 17.2 Å². The molecule has 0 fully saturated rings. The lowest BCUT2D eigenvalue weighted by Crippen LogP contribution is -2.16. The van der Waals surface area contributed by atoms with Gasteiger partial charge in [-0.25, -0.2) is 4.39 Å². The van der Waals surface area contributed by atoms with Gasteiger partial charge in [0.05, 0.1) is 6.61 Å². The van der Waals surface area contributed by atoms with E-state index in [2.05, 4.69) is 17.4 Å². The zero-order chi connectivity index (χ0) is 13.8. The first-order chi connectivity index (χ1) is 9.81. The van der Waals surface area contributed by atoms with Crippen LogP contribution in [-0.4, -0.2) is 13.2 Å². The Labute approximate surface area is 118 Å². The summed E-state index contributed by atoms with van der Waals surface area (Å²) in [5, 5.41) is 3.40. The Morgan fingerprint density at radius 1 is 1.10 bits per heavy atom. The quantitative estimate of drug-likeness (QED) is 0.844.